The zero-order valence-electron chi connectivity index (χ0n) is 12.8. The van der Waals surface area contributed by atoms with Crippen LogP contribution < -0.4 is 10.7 Å². The van der Waals surface area contributed by atoms with Crippen molar-refractivity contribution in [1.29, 1.82) is 0 Å². The van der Waals surface area contributed by atoms with E-state index in [9.17, 15) is 14.0 Å². The van der Waals surface area contributed by atoms with Crippen molar-refractivity contribution in [2.75, 3.05) is 5.32 Å². The molecule has 0 aromatic heterocycles. The highest BCUT2D eigenvalue weighted by molar-refractivity contribution is 6.33. The molecule has 2 amide bonds. The number of carbonyl (C=O) groups excluding carboxylic acids is 2. The Labute approximate surface area is 143 Å². The number of nitrogens with one attached hydrogen (secondary N) is 2. The molecule has 0 aliphatic heterocycles. The van der Waals surface area contributed by atoms with E-state index in [1.165, 1.54) is 18.2 Å². The van der Waals surface area contributed by atoms with Crippen LogP contribution in [0.15, 0.2) is 47.6 Å². The van der Waals surface area contributed by atoms with E-state index in [-0.39, 0.29) is 16.5 Å². The van der Waals surface area contributed by atoms with E-state index in [0.29, 0.717) is 17.7 Å². The molecule has 5 nitrogen and oxygen atoms in total. The predicted molar refractivity (Wildman–Crippen MR) is 91.8 cm³/mol. The first-order valence-electron chi connectivity index (χ1n) is 7.18. The summed E-state index contributed by atoms with van der Waals surface area (Å²) in [6.07, 6.45) is 1.51. The van der Waals surface area contributed by atoms with Crippen molar-refractivity contribution in [2.45, 2.75) is 13.3 Å². The number of rotatable bonds is 5. The van der Waals surface area contributed by atoms with Gasteiger partial charge in [0.25, 0.3) is 5.91 Å². The first kappa shape index (κ1) is 17.6. The molecule has 0 fully saturated rings. The van der Waals surface area contributed by atoms with Crippen molar-refractivity contribution in [2.24, 2.45) is 5.10 Å². The van der Waals surface area contributed by atoms with Crippen molar-refractivity contribution >= 4 is 35.3 Å². The number of nitrogens with zero attached hydrogens (tertiary/aromatic N) is 1. The lowest BCUT2D eigenvalue weighted by atomic mass is 10.2. The highest BCUT2D eigenvalue weighted by atomic mass is 35.5. The van der Waals surface area contributed by atoms with Crippen LogP contribution in [0, 0.1) is 5.82 Å². The molecule has 7 heteroatoms. The van der Waals surface area contributed by atoms with Crippen LogP contribution in [0.5, 0.6) is 0 Å². The van der Waals surface area contributed by atoms with E-state index in [4.69, 9.17) is 11.6 Å². The van der Waals surface area contributed by atoms with Gasteiger partial charge in [-0.15, -0.1) is 0 Å². The summed E-state index contributed by atoms with van der Waals surface area (Å²) in [5.74, 6) is -1.11. The van der Waals surface area contributed by atoms with Crippen molar-refractivity contribution in [1.82, 2.24) is 5.43 Å². The van der Waals surface area contributed by atoms with Gasteiger partial charge < -0.3 is 5.32 Å². The Morgan fingerprint density at radius 2 is 1.92 bits per heavy atom. The summed E-state index contributed by atoms with van der Waals surface area (Å²) < 4.78 is 13.6. The molecule has 0 saturated carbocycles. The summed E-state index contributed by atoms with van der Waals surface area (Å²) in [5.41, 5.74) is 3.33. The van der Waals surface area contributed by atoms with Crippen LogP contribution >= 0.6 is 11.6 Å². The van der Waals surface area contributed by atoms with Crippen molar-refractivity contribution in [3.8, 4) is 0 Å². The molecule has 0 saturated heterocycles. The van der Waals surface area contributed by atoms with Crippen LogP contribution in [0.2, 0.25) is 5.02 Å². The van der Waals surface area contributed by atoms with Gasteiger partial charge >= 0.3 is 0 Å². The Morgan fingerprint density at radius 1 is 1.21 bits per heavy atom. The van der Waals surface area contributed by atoms with Gasteiger partial charge in [-0.05, 0) is 36.4 Å². The molecule has 0 atom stereocenters. The van der Waals surface area contributed by atoms with Crippen molar-refractivity contribution in [3.05, 3.63) is 64.4 Å². The number of hydrogen-bond donors (Lipinski definition) is 2. The summed E-state index contributed by atoms with van der Waals surface area (Å²) in [7, 11) is 0. The molecule has 2 aromatic carbocycles. The summed E-state index contributed by atoms with van der Waals surface area (Å²) in [4.78, 5) is 23.2. The molecule has 0 spiro atoms. The van der Waals surface area contributed by atoms with E-state index < -0.39 is 11.7 Å². The lowest BCUT2D eigenvalue weighted by molar-refractivity contribution is -0.115. The molecular weight excluding hydrogens is 333 g/mol. The highest BCUT2D eigenvalue weighted by Gasteiger charge is 2.06. The summed E-state index contributed by atoms with van der Waals surface area (Å²) in [6.45, 7) is 1.75. The van der Waals surface area contributed by atoms with Crippen LogP contribution in [0.4, 0.5) is 10.1 Å². The minimum Gasteiger partial charge on any atom is -0.326 e. The Hall–Kier alpha value is -2.73. The standard InChI is InChI=1S/C17H15ClFN3O2/c1-2-16(23)21-12-8-6-11(7-9-12)17(24)22-20-10-13-14(18)4-3-5-15(13)19/h3-10H,2H2,1H3,(H,21,23)(H,22,24)/b20-10+. The first-order chi connectivity index (χ1) is 11.5. The summed E-state index contributed by atoms with van der Waals surface area (Å²) in [6, 6.07) is 10.6. The number of carbonyl (C=O) groups is 2. The lowest BCUT2D eigenvalue weighted by Crippen LogP contribution is -2.18. The molecule has 0 aliphatic carbocycles. The number of halogens is 2. The maximum Gasteiger partial charge on any atom is 0.271 e. The first-order valence-corrected chi connectivity index (χ1v) is 7.56. The van der Waals surface area contributed by atoms with Gasteiger partial charge in [-0.2, -0.15) is 5.10 Å². The molecule has 24 heavy (non-hydrogen) atoms. The van der Waals surface area contributed by atoms with E-state index in [1.54, 1.807) is 31.2 Å². The molecule has 2 aromatic rings. The molecule has 2 N–H and O–H groups in total. The Morgan fingerprint density at radius 3 is 2.54 bits per heavy atom. The van der Waals surface area contributed by atoms with E-state index >= 15 is 0 Å². The molecule has 0 heterocycles. The van der Waals surface area contributed by atoms with Gasteiger partial charge in [0.05, 0.1) is 11.2 Å². The molecule has 2 rings (SSSR count). The quantitative estimate of drug-likeness (QED) is 0.641. The number of amides is 2. The van der Waals surface area contributed by atoms with Gasteiger partial charge in [-0.25, -0.2) is 9.82 Å². The Bertz CT molecular complexity index is 756. The summed E-state index contributed by atoms with van der Waals surface area (Å²) in [5, 5.41) is 6.58. The van der Waals surface area contributed by atoms with Gasteiger partial charge in [0, 0.05) is 23.2 Å². The second-order valence-corrected chi connectivity index (χ2v) is 5.22. The molecule has 0 unspecified atom stereocenters. The smallest absolute Gasteiger partial charge is 0.271 e. The molecule has 0 bridgehead atoms. The average molecular weight is 348 g/mol. The van der Waals surface area contributed by atoms with Crippen LogP contribution in [0.25, 0.3) is 0 Å². The Balaban J connectivity index is 2.00. The number of hydrazone groups is 1. The predicted octanol–water partition coefficient (Wildman–Crippen LogP) is 3.59. The molecule has 0 radical (unpaired) electrons. The average Bonchev–Trinajstić information content (AvgIpc) is 2.58. The van der Waals surface area contributed by atoms with Gasteiger partial charge in [0.15, 0.2) is 0 Å². The van der Waals surface area contributed by atoms with Gasteiger partial charge in [-0.1, -0.05) is 24.6 Å². The minimum atomic E-state index is -0.531. The Kier molecular flexibility index (Phi) is 6.03. The molecular formula is C17H15ClFN3O2. The van der Waals surface area contributed by atoms with Crippen LogP contribution in [-0.4, -0.2) is 18.0 Å². The third-order valence-electron chi connectivity index (χ3n) is 3.11. The number of benzene rings is 2. The SMILES string of the molecule is CCC(=O)Nc1ccc(C(=O)N/N=C/c2c(F)cccc2Cl)cc1. The van der Waals surface area contributed by atoms with Crippen LogP contribution in [0.1, 0.15) is 29.3 Å². The number of anilines is 1. The van der Waals surface area contributed by atoms with Gasteiger partial charge in [0.2, 0.25) is 5.91 Å². The lowest BCUT2D eigenvalue weighted by Gasteiger charge is -2.05. The number of hydrogen-bond acceptors (Lipinski definition) is 3. The fourth-order valence-electron chi connectivity index (χ4n) is 1.81. The third kappa shape index (κ3) is 4.63. The monoisotopic (exact) mass is 347 g/mol. The molecule has 124 valence electrons. The van der Waals surface area contributed by atoms with Gasteiger partial charge in [-0.3, -0.25) is 9.59 Å². The highest BCUT2D eigenvalue weighted by Crippen LogP contribution is 2.16. The normalized spacial score (nSPS) is 10.6. The fraction of sp³-hybridized carbons (Fsp3) is 0.118. The van der Waals surface area contributed by atoms with Crippen LogP contribution in [0.3, 0.4) is 0 Å². The van der Waals surface area contributed by atoms with E-state index in [1.807, 2.05) is 0 Å². The topological polar surface area (TPSA) is 70.6 Å². The second kappa shape index (κ2) is 8.21. The second-order valence-electron chi connectivity index (χ2n) is 4.81. The van der Waals surface area contributed by atoms with Gasteiger partial charge in [0.1, 0.15) is 5.82 Å². The third-order valence-corrected chi connectivity index (χ3v) is 3.44. The molecule has 0 aliphatic rings. The largest absolute Gasteiger partial charge is 0.326 e. The minimum absolute atomic E-state index is 0.0945. The maximum atomic E-state index is 13.6. The zero-order valence-corrected chi connectivity index (χ0v) is 13.6. The fourth-order valence-corrected chi connectivity index (χ4v) is 2.02. The van der Waals surface area contributed by atoms with Crippen LogP contribution in [-0.2, 0) is 4.79 Å². The summed E-state index contributed by atoms with van der Waals surface area (Å²) >= 11 is 5.85. The maximum absolute atomic E-state index is 13.6. The van der Waals surface area contributed by atoms with E-state index in [0.717, 1.165) is 6.21 Å². The van der Waals surface area contributed by atoms with Crippen molar-refractivity contribution in [3.63, 3.8) is 0 Å². The van der Waals surface area contributed by atoms with Crippen molar-refractivity contribution < 1.29 is 14.0 Å². The zero-order chi connectivity index (χ0) is 17.5. The van der Waals surface area contributed by atoms with E-state index in [2.05, 4.69) is 15.8 Å².